The smallest absolute Gasteiger partial charge is 0.238 e. The van der Waals surface area contributed by atoms with Crippen molar-refractivity contribution in [2.75, 3.05) is 18.8 Å². The molecule has 0 radical (unpaired) electrons. The number of benzene rings is 1. The van der Waals surface area contributed by atoms with E-state index < -0.39 is 15.6 Å². The monoisotopic (exact) mass is 330 g/mol. The van der Waals surface area contributed by atoms with E-state index in [1.165, 1.54) is 24.3 Å². The number of halogens is 1. The quantitative estimate of drug-likeness (QED) is 0.907. The van der Waals surface area contributed by atoms with Crippen LogP contribution >= 0.6 is 11.6 Å². The van der Waals surface area contributed by atoms with Crippen LogP contribution in [0.3, 0.4) is 0 Å². The third-order valence-electron chi connectivity index (χ3n) is 3.40. The number of piperazine rings is 1. The molecule has 1 heterocycles. The van der Waals surface area contributed by atoms with Gasteiger partial charge in [-0.05, 0) is 38.1 Å². The van der Waals surface area contributed by atoms with Crippen LogP contribution < -0.4 is 5.32 Å². The summed E-state index contributed by atoms with van der Waals surface area (Å²) in [5, 5.41) is 3.77. The standard InChI is InChI=1S/C14H19ClN2O3S/c1-10-7-17(8-11(2)16-10)14(18)9-21(19,20)13-5-3-12(15)4-6-13/h3-6,10-11,16H,7-9H2,1-2H3/t10-,11-/m1/s1. The molecule has 0 spiro atoms. The lowest BCUT2D eigenvalue weighted by atomic mass is 10.1. The Hall–Kier alpha value is -1.11. The van der Waals surface area contributed by atoms with E-state index in [9.17, 15) is 13.2 Å². The van der Waals surface area contributed by atoms with Gasteiger partial charge in [0.25, 0.3) is 0 Å². The Balaban J connectivity index is 2.09. The van der Waals surface area contributed by atoms with Crippen molar-refractivity contribution in [2.45, 2.75) is 30.8 Å². The molecule has 0 saturated carbocycles. The van der Waals surface area contributed by atoms with E-state index in [2.05, 4.69) is 5.32 Å². The SMILES string of the molecule is C[C@@H]1CN(C(=O)CS(=O)(=O)c2ccc(Cl)cc2)C[C@@H](C)N1. The van der Waals surface area contributed by atoms with Gasteiger partial charge in [-0.25, -0.2) is 8.42 Å². The van der Waals surface area contributed by atoms with Crippen LogP contribution in [-0.4, -0.2) is 50.2 Å². The lowest BCUT2D eigenvalue weighted by Crippen LogP contribution is -2.56. The van der Waals surface area contributed by atoms with Gasteiger partial charge in [-0.3, -0.25) is 4.79 Å². The first-order chi connectivity index (χ1) is 9.78. The first-order valence-corrected chi connectivity index (χ1v) is 8.83. The summed E-state index contributed by atoms with van der Waals surface area (Å²) in [6.45, 7) is 5.01. The molecule has 1 N–H and O–H groups in total. The number of rotatable bonds is 3. The van der Waals surface area contributed by atoms with E-state index in [0.717, 1.165) is 0 Å². The van der Waals surface area contributed by atoms with Crippen molar-refractivity contribution >= 4 is 27.3 Å². The van der Waals surface area contributed by atoms with Crippen molar-refractivity contribution in [3.63, 3.8) is 0 Å². The Labute approximate surface area is 130 Å². The van der Waals surface area contributed by atoms with E-state index in [4.69, 9.17) is 11.6 Å². The molecule has 1 aliphatic rings. The van der Waals surface area contributed by atoms with Gasteiger partial charge in [-0.1, -0.05) is 11.6 Å². The van der Waals surface area contributed by atoms with Crippen LogP contribution in [0, 0.1) is 0 Å². The highest BCUT2D eigenvalue weighted by Gasteiger charge is 2.28. The molecular formula is C14H19ClN2O3S. The van der Waals surface area contributed by atoms with Gasteiger partial charge in [0.2, 0.25) is 5.91 Å². The molecule has 1 aromatic carbocycles. The molecule has 0 aromatic heterocycles. The Morgan fingerprint density at radius 1 is 1.24 bits per heavy atom. The lowest BCUT2D eigenvalue weighted by Gasteiger charge is -2.36. The van der Waals surface area contributed by atoms with Crippen molar-refractivity contribution in [3.8, 4) is 0 Å². The number of carbonyl (C=O) groups excluding carboxylic acids is 1. The summed E-state index contributed by atoms with van der Waals surface area (Å²) in [7, 11) is -3.63. The van der Waals surface area contributed by atoms with Gasteiger partial charge in [-0.15, -0.1) is 0 Å². The third-order valence-corrected chi connectivity index (χ3v) is 5.27. The summed E-state index contributed by atoms with van der Waals surface area (Å²) in [6.07, 6.45) is 0. The van der Waals surface area contributed by atoms with E-state index in [1.54, 1.807) is 4.90 Å². The second-order valence-electron chi connectivity index (χ2n) is 5.48. The highest BCUT2D eigenvalue weighted by molar-refractivity contribution is 7.92. The van der Waals surface area contributed by atoms with E-state index in [1.807, 2.05) is 13.8 Å². The molecule has 2 atom stereocenters. The molecule has 0 aliphatic carbocycles. The predicted octanol–water partition coefficient (Wildman–Crippen LogP) is 1.32. The maximum absolute atomic E-state index is 12.3. The molecule has 2 rings (SSSR count). The van der Waals surface area contributed by atoms with Crippen LogP contribution in [0.25, 0.3) is 0 Å². The normalized spacial score (nSPS) is 23.1. The first kappa shape index (κ1) is 16.3. The topological polar surface area (TPSA) is 66.5 Å². The Kier molecular flexibility index (Phi) is 4.91. The molecule has 5 nitrogen and oxygen atoms in total. The number of amides is 1. The van der Waals surface area contributed by atoms with Gasteiger partial charge in [0.05, 0.1) is 4.90 Å². The molecule has 1 aromatic rings. The van der Waals surface area contributed by atoms with E-state index >= 15 is 0 Å². The first-order valence-electron chi connectivity index (χ1n) is 6.80. The minimum Gasteiger partial charge on any atom is -0.339 e. The second-order valence-corrected chi connectivity index (χ2v) is 7.91. The summed E-state index contributed by atoms with van der Waals surface area (Å²) in [6, 6.07) is 6.19. The molecule has 116 valence electrons. The second kappa shape index (κ2) is 6.34. The lowest BCUT2D eigenvalue weighted by molar-refractivity contribution is -0.130. The maximum atomic E-state index is 12.3. The van der Waals surface area contributed by atoms with Crippen molar-refractivity contribution in [3.05, 3.63) is 29.3 Å². The average molecular weight is 331 g/mol. The Morgan fingerprint density at radius 3 is 2.29 bits per heavy atom. The van der Waals surface area contributed by atoms with Gasteiger partial charge in [0, 0.05) is 30.2 Å². The number of hydrogen-bond acceptors (Lipinski definition) is 4. The molecular weight excluding hydrogens is 312 g/mol. The maximum Gasteiger partial charge on any atom is 0.238 e. The average Bonchev–Trinajstić information content (AvgIpc) is 2.37. The van der Waals surface area contributed by atoms with Crippen LogP contribution in [0.2, 0.25) is 5.02 Å². The van der Waals surface area contributed by atoms with Gasteiger partial charge in [-0.2, -0.15) is 0 Å². The van der Waals surface area contributed by atoms with Gasteiger partial charge in [0.1, 0.15) is 5.75 Å². The van der Waals surface area contributed by atoms with Crippen LogP contribution in [0.4, 0.5) is 0 Å². The highest BCUT2D eigenvalue weighted by atomic mass is 35.5. The molecule has 0 bridgehead atoms. The minimum absolute atomic E-state index is 0.122. The van der Waals surface area contributed by atoms with Crippen molar-refractivity contribution in [1.29, 1.82) is 0 Å². The van der Waals surface area contributed by atoms with Gasteiger partial charge in [0.15, 0.2) is 9.84 Å². The van der Waals surface area contributed by atoms with Crippen LogP contribution in [0.1, 0.15) is 13.8 Å². The third kappa shape index (κ3) is 4.18. The molecule has 0 unspecified atom stereocenters. The highest BCUT2D eigenvalue weighted by Crippen LogP contribution is 2.16. The zero-order valence-electron chi connectivity index (χ0n) is 12.0. The van der Waals surface area contributed by atoms with Gasteiger partial charge < -0.3 is 10.2 Å². The molecule has 1 amide bonds. The number of nitrogens with one attached hydrogen (secondary N) is 1. The molecule has 1 aliphatic heterocycles. The van der Waals surface area contributed by atoms with Crippen LogP contribution in [-0.2, 0) is 14.6 Å². The Morgan fingerprint density at radius 2 is 1.76 bits per heavy atom. The molecule has 7 heteroatoms. The van der Waals surface area contributed by atoms with Crippen LogP contribution in [0.15, 0.2) is 29.2 Å². The molecule has 1 fully saturated rings. The van der Waals surface area contributed by atoms with Crippen molar-refractivity contribution in [2.24, 2.45) is 0 Å². The number of hydrogen-bond donors (Lipinski definition) is 1. The fourth-order valence-corrected chi connectivity index (χ4v) is 3.86. The van der Waals surface area contributed by atoms with E-state index in [0.29, 0.717) is 18.1 Å². The summed E-state index contributed by atoms with van der Waals surface area (Å²) in [4.78, 5) is 14.0. The number of nitrogens with zero attached hydrogens (tertiary/aromatic N) is 1. The zero-order valence-corrected chi connectivity index (χ0v) is 13.6. The van der Waals surface area contributed by atoms with Crippen molar-refractivity contribution in [1.82, 2.24) is 10.2 Å². The predicted molar refractivity (Wildman–Crippen MR) is 82.1 cm³/mol. The van der Waals surface area contributed by atoms with Crippen molar-refractivity contribution < 1.29 is 13.2 Å². The minimum atomic E-state index is -3.63. The Bertz CT molecular complexity index is 606. The fourth-order valence-electron chi connectivity index (χ4n) is 2.51. The van der Waals surface area contributed by atoms with Crippen LogP contribution in [0.5, 0.6) is 0 Å². The largest absolute Gasteiger partial charge is 0.339 e. The molecule has 21 heavy (non-hydrogen) atoms. The summed E-state index contributed by atoms with van der Waals surface area (Å²) in [5.41, 5.74) is 0. The number of carbonyl (C=O) groups is 1. The fraction of sp³-hybridized carbons (Fsp3) is 0.500. The molecule has 1 saturated heterocycles. The van der Waals surface area contributed by atoms with E-state index in [-0.39, 0.29) is 22.9 Å². The summed E-state index contributed by atoms with van der Waals surface area (Å²) in [5.74, 6) is -0.862. The zero-order chi connectivity index (χ0) is 15.6. The summed E-state index contributed by atoms with van der Waals surface area (Å²) < 4.78 is 24.5. The number of sulfone groups is 1. The van der Waals surface area contributed by atoms with Gasteiger partial charge >= 0.3 is 0 Å². The summed E-state index contributed by atoms with van der Waals surface area (Å²) >= 11 is 5.74.